The summed E-state index contributed by atoms with van der Waals surface area (Å²) in [6.07, 6.45) is -0.505. The van der Waals surface area contributed by atoms with Gasteiger partial charge in [0.1, 0.15) is 23.5 Å². The van der Waals surface area contributed by atoms with Crippen LogP contribution in [0.2, 0.25) is 0 Å². The molecule has 0 atom stereocenters. The van der Waals surface area contributed by atoms with Crippen molar-refractivity contribution in [1.29, 1.82) is 0 Å². The number of esters is 1. The molecule has 0 aliphatic carbocycles. The van der Waals surface area contributed by atoms with Crippen LogP contribution in [-0.2, 0) is 9.47 Å². The van der Waals surface area contributed by atoms with E-state index < -0.39 is 17.7 Å². The summed E-state index contributed by atoms with van der Waals surface area (Å²) in [4.78, 5) is 23.4. The predicted octanol–water partition coefficient (Wildman–Crippen LogP) is 3.37. The molecule has 0 saturated heterocycles. The fourth-order valence-electron chi connectivity index (χ4n) is 1.62. The second-order valence-corrected chi connectivity index (χ2v) is 6.88. The van der Waals surface area contributed by atoms with Crippen LogP contribution >= 0.6 is 22.6 Å². The Labute approximate surface area is 150 Å². The molecule has 0 aliphatic rings. The molecule has 23 heavy (non-hydrogen) atoms. The highest BCUT2D eigenvalue weighted by Crippen LogP contribution is 2.22. The molecule has 0 spiro atoms. The van der Waals surface area contributed by atoms with Crippen molar-refractivity contribution in [3.05, 3.63) is 27.3 Å². The number of benzene rings is 1. The molecule has 1 amide bonds. The molecular weight excluding hydrogens is 413 g/mol. The zero-order valence-corrected chi connectivity index (χ0v) is 15.9. The van der Waals surface area contributed by atoms with Gasteiger partial charge in [-0.05, 0) is 68.5 Å². The molecule has 1 aromatic rings. The van der Waals surface area contributed by atoms with Crippen molar-refractivity contribution >= 4 is 34.7 Å². The SMILES string of the molecule is CCOC(=O)c1cc(I)ccc1OCCNC(=O)OC(C)(C)C. The lowest BCUT2D eigenvalue weighted by Crippen LogP contribution is -2.34. The second-order valence-electron chi connectivity index (χ2n) is 5.64. The number of amides is 1. The van der Waals surface area contributed by atoms with Crippen LogP contribution in [0.25, 0.3) is 0 Å². The van der Waals surface area contributed by atoms with Crippen LogP contribution in [0.4, 0.5) is 4.79 Å². The van der Waals surface area contributed by atoms with E-state index in [0.717, 1.165) is 3.57 Å². The molecule has 1 N–H and O–H groups in total. The highest BCUT2D eigenvalue weighted by Gasteiger charge is 2.16. The predicted molar refractivity (Wildman–Crippen MR) is 94.8 cm³/mol. The van der Waals surface area contributed by atoms with Gasteiger partial charge in [0.25, 0.3) is 0 Å². The Morgan fingerprint density at radius 2 is 1.96 bits per heavy atom. The number of ether oxygens (including phenoxy) is 3. The van der Waals surface area contributed by atoms with Gasteiger partial charge in [-0.1, -0.05) is 0 Å². The van der Waals surface area contributed by atoms with Crippen molar-refractivity contribution in [2.24, 2.45) is 0 Å². The van der Waals surface area contributed by atoms with E-state index in [4.69, 9.17) is 14.2 Å². The van der Waals surface area contributed by atoms with E-state index in [0.29, 0.717) is 17.9 Å². The third-order valence-electron chi connectivity index (χ3n) is 2.46. The van der Waals surface area contributed by atoms with Crippen LogP contribution in [0.15, 0.2) is 18.2 Å². The maximum absolute atomic E-state index is 11.9. The number of rotatable bonds is 6. The van der Waals surface area contributed by atoms with E-state index in [2.05, 4.69) is 27.9 Å². The fourth-order valence-corrected chi connectivity index (χ4v) is 2.12. The summed E-state index contributed by atoms with van der Waals surface area (Å²) >= 11 is 2.11. The molecule has 0 unspecified atom stereocenters. The van der Waals surface area contributed by atoms with Gasteiger partial charge in [-0.25, -0.2) is 9.59 Å². The van der Waals surface area contributed by atoms with Crippen LogP contribution in [0.3, 0.4) is 0 Å². The fraction of sp³-hybridized carbons (Fsp3) is 0.500. The average molecular weight is 435 g/mol. The largest absolute Gasteiger partial charge is 0.491 e. The van der Waals surface area contributed by atoms with Crippen molar-refractivity contribution in [3.63, 3.8) is 0 Å². The molecular formula is C16H22INO5. The average Bonchev–Trinajstić information content (AvgIpc) is 2.43. The Bertz CT molecular complexity index is 554. The van der Waals surface area contributed by atoms with E-state index in [1.807, 2.05) is 6.07 Å². The van der Waals surface area contributed by atoms with Crippen LogP contribution in [0.1, 0.15) is 38.1 Å². The minimum Gasteiger partial charge on any atom is -0.491 e. The quantitative estimate of drug-likeness (QED) is 0.422. The monoisotopic (exact) mass is 435 g/mol. The Morgan fingerprint density at radius 3 is 2.57 bits per heavy atom. The summed E-state index contributed by atoms with van der Waals surface area (Å²) in [7, 11) is 0. The number of hydrogen-bond donors (Lipinski definition) is 1. The summed E-state index contributed by atoms with van der Waals surface area (Å²) < 4.78 is 16.6. The summed E-state index contributed by atoms with van der Waals surface area (Å²) in [6.45, 7) is 7.90. The van der Waals surface area contributed by atoms with Crippen molar-refractivity contribution < 1.29 is 23.8 Å². The highest BCUT2D eigenvalue weighted by molar-refractivity contribution is 14.1. The number of carbonyl (C=O) groups excluding carboxylic acids is 2. The third-order valence-corrected chi connectivity index (χ3v) is 3.14. The second kappa shape index (κ2) is 8.95. The van der Waals surface area contributed by atoms with Gasteiger partial charge in [-0.3, -0.25) is 0 Å². The first kappa shape index (κ1) is 19.5. The zero-order chi connectivity index (χ0) is 17.5. The normalized spacial score (nSPS) is 10.8. The molecule has 0 fully saturated rings. The lowest BCUT2D eigenvalue weighted by Gasteiger charge is -2.19. The van der Waals surface area contributed by atoms with E-state index in [1.165, 1.54) is 0 Å². The molecule has 0 aliphatic heterocycles. The third kappa shape index (κ3) is 7.54. The minimum absolute atomic E-state index is 0.215. The molecule has 128 valence electrons. The maximum atomic E-state index is 11.9. The first-order valence-electron chi connectivity index (χ1n) is 7.29. The number of alkyl carbamates (subject to hydrolysis) is 1. The van der Waals surface area contributed by atoms with Gasteiger partial charge in [-0.15, -0.1) is 0 Å². The van der Waals surface area contributed by atoms with Gasteiger partial charge >= 0.3 is 12.1 Å². The van der Waals surface area contributed by atoms with Crippen LogP contribution in [0, 0.1) is 3.57 Å². The van der Waals surface area contributed by atoms with Gasteiger partial charge in [-0.2, -0.15) is 0 Å². The number of nitrogens with one attached hydrogen (secondary N) is 1. The first-order valence-corrected chi connectivity index (χ1v) is 8.37. The van der Waals surface area contributed by atoms with Crippen LogP contribution in [0.5, 0.6) is 5.75 Å². The van der Waals surface area contributed by atoms with Gasteiger partial charge in [0, 0.05) is 3.57 Å². The molecule has 0 radical (unpaired) electrons. The lowest BCUT2D eigenvalue weighted by molar-refractivity contribution is 0.0502. The topological polar surface area (TPSA) is 73.9 Å². The van der Waals surface area contributed by atoms with Gasteiger partial charge < -0.3 is 19.5 Å². The number of hydrogen-bond acceptors (Lipinski definition) is 5. The molecule has 0 aromatic heterocycles. The first-order chi connectivity index (χ1) is 10.7. The Hall–Kier alpha value is -1.51. The number of halogens is 1. The highest BCUT2D eigenvalue weighted by atomic mass is 127. The molecule has 0 saturated carbocycles. The van der Waals surface area contributed by atoms with Crippen molar-refractivity contribution in [1.82, 2.24) is 5.32 Å². The van der Waals surface area contributed by atoms with Crippen molar-refractivity contribution in [2.45, 2.75) is 33.3 Å². The van der Waals surface area contributed by atoms with Crippen LogP contribution in [-0.4, -0.2) is 37.4 Å². The number of carbonyl (C=O) groups is 2. The Morgan fingerprint density at radius 1 is 1.26 bits per heavy atom. The smallest absolute Gasteiger partial charge is 0.407 e. The summed E-state index contributed by atoms with van der Waals surface area (Å²) in [6, 6.07) is 5.25. The summed E-state index contributed by atoms with van der Waals surface area (Å²) in [5.74, 6) is -0.00373. The van der Waals surface area contributed by atoms with Crippen molar-refractivity contribution in [2.75, 3.05) is 19.8 Å². The molecule has 7 heteroatoms. The Balaban J connectivity index is 2.55. The zero-order valence-electron chi connectivity index (χ0n) is 13.8. The molecule has 1 rings (SSSR count). The molecule has 1 aromatic carbocycles. The lowest BCUT2D eigenvalue weighted by atomic mass is 10.2. The van der Waals surface area contributed by atoms with Gasteiger partial charge in [0.05, 0.1) is 13.2 Å². The van der Waals surface area contributed by atoms with E-state index >= 15 is 0 Å². The molecule has 0 heterocycles. The van der Waals surface area contributed by atoms with Gasteiger partial charge in [0.15, 0.2) is 0 Å². The van der Waals surface area contributed by atoms with Crippen molar-refractivity contribution in [3.8, 4) is 5.75 Å². The van der Waals surface area contributed by atoms with Crippen LogP contribution < -0.4 is 10.1 Å². The maximum Gasteiger partial charge on any atom is 0.407 e. The molecule has 6 nitrogen and oxygen atoms in total. The van der Waals surface area contributed by atoms with Gasteiger partial charge in [0.2, 0.25) is 0 Å². The summed E-state index contributed by atoms with van der Waals surface area (Å²) in [5, 5.41) is 2.59. The Kier molecular flexibility index (Phi) is 7.60. The summed E-state index contributed by atoms with van der Waals surface area (Å²) in [5.41, 5.74) is -0.172. The standard InChI is InChI=1S/C16H22INO5/c1-5-21-14(19)12-10-11(17)6-7-13(12)22-9-8-18-15(20)23-16(2,3)4/h6-7,10H,5,8-9H2,1-4H3,(H,18,20). The molecule has 0 bridgehead atoms. The van der Waals surface area contributed by atoms with E-state index in [1.54, 1.807) is 39.8 Å². The van der Waals surface area contributed by atoms with E-state index in [9.17, 15) is 9.59 Å². The minimum atomic E-state index is -0.544. The van der Waals surface area contributed by atoms with E-state index in [-0.39, 0.29) is 13.2 Å².